The number of nitrogens with one attached hydrogen (secondary N) is 2. The SMILES string of the molecule is C[C@H](CNCCc1cnc[nH]1)c1nccc2cc(S(N)(=O)=O)ccc12. The third-order valence-corrected chi connectivity index (χ3v) is 5.05. The number of nitrogens with zero attached hydrogens (tertiary/aromatic N) is 2. The molecular formula is C17H21N5O2S. The molecule has 25 heavy (non-hydrogen) atoms. The number of rotatable bonds is 7. The number of hydrogen-bond acceptors (Lipinski definition) is 5. The summed E-state index contributed by atoms with van der Waals surface area (Å²) >= 11 is 0. The first-order valence-electron chi connectivity index (χ1n) is 8.04. The van der Waals surface area contributed by atoms with Crippen LogP contribution in [0.4, 0.5) is 0 Å². The molecule has 0 aliphatic rings. The molecule has 0 saturated carbocycles. The molecule has 4 N–H and O–H groups in total. The van der Waals surface area contributed by atoms with E-state index in [1.54, 1.807) is 30.7 Å². The number of nitrogens with two attached hydrogens (primary N) is 1. The number of aromatic nitrogens is 3. The number of sulfonamides is 1. The molecule has 7 nitrogen and oxygen atoms in total. The zero-order valence-corrected chi connectivity index (χ0v) is 14.8. The molecular weight excluding hydrogens is 338 g/mol. The van der Waals surface area contributed by atoms with Crippen molar-refractivity contribution in [3.8, 4) is 0 Å². The van der Waals surface area contributed by atoms with Crippen molar-refractivity contribution in [3.63, 3.8) is 0 Å². The van der Waals surface area contributed by atoms with E-state index in [4.69, 9.17) is 5.14 Å². The van der Waals surface area contributed by atoms with Crippen LogP contribution in [0.3, 0.4) is 0 Å². The van der Waals surface area contributed by atoms with E-state index in [2.05, 4.69) is 27.2 Å². The van der Waals surface area contributed by atoms with Gasteiger partial charge in [-0.15, -0.1) is 0 Å². The number of aromatic amines is 1. The lowest BCUT2D eigenvalue weighted by Gasteiger charge is -2.15. The quantitative estimate of drug-likeness (QED) is 0.554. The van der Waals surface area contributed by atoms with Crippen LogP contribution in [0.5, 0.6) is 0 Å². The normalized spacial score (nSPS) is 13.2. The fourth-order valence-corrected chi connectivity index (χ4v) is 3.36. The Bertz CT molecular complexity index is 954. The van der Waals surface area contributed by atoms with Crippen LogP contribution in [0.2, 0.25) is 0 Å². The van der Waals surface area contributed by atoms with Crippen molar-refractivity contribution in [2.75, 3.05) is 13.1 Å². The first kappa shape index (κ1) is 17.5. The van der Waals surface area contributed by atoms with Crippen molar-refractivity contribution >= 4 is 20.8 Å². The summed E-state index contributed by atoms with van der Waals surface area (Å²) in [4.78, 5) is 11.7. The summed E-state index contributed by atoms with van der Waals surface area (Å²) in [5, 5.41) is 10.4. The lowest BCUT2D eigenvalue weighted by atomic mass is 10.0. The van der Waals surface area contributed by atoms with E-state index < -0.39 is 10.0 Å². The Morgan fingerprint density at radius 1 is 1.32 bits per heavy atom. The average Bonchev–Trinajstić information content (AvgIpc) is 3.10. The van der Waals surface area contributed by atoms with Gasteiger partial charge in [-0.2, -0.15) is 0 Å². The number of imidazole rings is 1. The molecule has 0 fully saturated rings. The van der Waals surface area contributed by atoms with Gasteiger partial charge in [-0.05, 0) is 23.6 Å². The van der Waals surface area contributed by atoms with E-state index in [1.807, 2.05) is 6.20 Å². The highest BCUT2D eigenvalue weighted by molar-refractivity contribution is 7.89. The Hall–Kier alpha value is -2.29. The minimum Gasteiger partial charge on any atom is -0.348 e. The second-order valence-corrected chi connectivity index (χ2v) is 7.62. The third kappa shape index (κ3) is 4.22. The molecule has 0 spiro atoms. The zero-order valence-electron chi connectivity index (χ0n) is 13.9. The number of fused-ring (bicyclic) bond motifs is 1. The van der Waals surface area contributed by atoms with Crippen LogP contribution in [0.1, 0.15) is 24.2 Å². The van der Waals surface area contributed by atoms with Gasteiger partial charge in [0, 0.05) is 48.9 Å². The molecule has 132 valence electrons. The van der Waals surface area contributed by atoms with E-state index >= 15 is 0 Å². The topological polar surface area (TPSA) is 114 Å². The molecule has 2 aromatic heterocycles. The fourth-order valence-electron chi connectivity index (χ4n) is 2.81. The monoisotopic (exact) mass is 359 g/mol. The maximum absolute atomic E-state index is 11.5. The fraction of sp³-hybridized carbons (Fsp3) is 0.294. The number of primary sulfonamides is 1. The Morgan fingerprint density at radius 2 is 2.16 bits per heavy atom. The Kier molecular flexibility index (Phi) is 5.12. The van der Waals surface area contributed by atoms with Crippen LogP contribution >= 0.6 is 0 Å². The standard InChI is InChI=1S/C17H21N5O2S/c1-12(9-19-6-5-14-10-20-11-22-14)17-16-3-2-15(25(18,23)24)8-13(16)4-7-21-17/h2-4,7-8,10-12,19H,5-6,9H2,1H3,(H,20,22)(H2,18,23,24)/t12-/m1/s1. The van der Waals surface area contributed by atoms with E-state index in [0.717, 1.165) is 41.7 Å². The first-order valence-corrected chi connectivity index (χ1v) is 9.59. The molecule has 0 saturated heterocycles. The molecule has 2 heterocycles. The number of H-pyrrole nitrogens is 1. The minimum absolute atomic E-state index is 0.113. The zero-order chi connectivity index (χ0) is 17.9. The van der Waals surface area contributed by atoms with Gasteiger partial charge in [-0.3, -0.25) is 4.98 Å². The number of hydrogen-bond donors (Lipinski definition) is 3. The van der Waals surface area contributed by atoms with Crippen molar-refractivity contribution < 1.29 is 8.42 Å². The Morgan fingerprint density at radius 3 is 2.88 bits per heavy atom. The Balaban J connectivity index is 1.71. The molecule has 0 aliphatic carbocycles. The molecule has 0 radical (unpaired) electrons. The van der Waals surface area contributed by atoms with Gasteiger partial charge in [-0.1, -0.05) is 13.0 Å². The maximum atomic E-state index is 11.5. The summed E-state index contributed by atoms with van der Waals surface area (Å²) in [6.45, 7) is 3.71. The van der Waals surface area contributed by atoms with Gasteiger partial charge < -0.3 is 10.3 Å². The maximum Gasteiger partial charge on any atom is 0.238 e. The first-order chi connectivity index (χ1) is 11.9. The van der Waals surface area contributed by atoms with Crippen molar-refractivity contribution in [1.82, 2.24) is 20.3 Å². The highest BCUT2D eigenvalue weighted by Gasteiger charge is 2.14. The largest absolute Gasteiger partial charge is 0.348 e. The summed E-state index contributed by atoms with van der Waals surface area (Å²) in [6.07, 6.45) is 6.08. The predicted octanol–water partition coefficient (Wildman–Crippen LogP) is 1.54. The second-order valence-electron chi connectivity index (χ2n) is 6.06. The summed E-state index contributed by atoms with van der Waals surface area (Å²) < 4.78 is 23.0. The second kappa shape index (κ2) is 7.30. The van der Waals surface area contributed by atoms with E-state index in [-0.39, 0.29) is 10.8 Å². The van der Waals surface area contributed by atoms with Crippen molar-refractivity contribution in [3.05, 3.63) is 54.4 Å². The van der Waals surface area contributed by atoms with Gasteiger partial charge in [0.15, 0.2) is 0 Å². The van der Waals surface area contributed by atoms with E-state index in [9.17, 15) is 8.42 Å². The van der Waals surface area contributed by atoms with Gasteiger partial charge in [0.25, 0.3) is 0 Å². The van der Waals surface area contributed by atoms with Crippen molar-refractivity contribution in [1.29, 1.82) is 0 Å². The summed E-state index contributed by atoms with van der Waals surface area (Å²) in [6, 6.07) is 6.69. The van der Waals surface area contributed by atoms with Crippen LogP contribution in [0.25, 0.3) is 10.8 Å². The van der Waals surface area contributed by atoms with Crippen LogP contribution in [-0.4, -0.2) is 36.5 Å². The molecule has 0 unspecified atom stereocenters. The van der Waals surface area contributed by atoms with Crippen LogP contribution in [-0.2, 0) is 16.4 Å². The highest BCUT2D eigenvalue weighted by Crippen LogP contribution is 2.25. The molecule has 1 atom stereocenters. The van der Waals surface area contributed by atoms with E-state index in [1.165, 1.54) is 6.07 Å². The molecule has 0 bridgehead atoms. The van der Waals surface area contributed by atoms with Crippen LogP contribution in [0, 0.1) is 0 Å². The summed E-state index contributed by atoms with van der Waals surface area (Å²) in [5.74, 6) is 0.186. The van der Waals surface area contributed by atoms with Gasteiger partial charge in [-0.25, -0.2) is 18.5 Å². The number of benzene rings is 1. The van der Waals surface area contributed by atoms with Gasteiger partial charge in [0.1, 0.15) is 0 Å². The molecule has 8 heteroatoms. The highest BCUT2D eigenvalue weighted by atomic mass is 32.2. The molecule has 0 amide bonds. The lowest BCUT2D eigenvalue weighted by Crippen LogP contribution is -2.23. The summed E-state index contributed by atoms with van der Waals surface area (Å²) in [7, 11) is -3.71. The molecule has 3 rings (SSSR count). The van der Waals surface area contributed by atoms with Crippen LogP contribution < -0.4 is 10.5 Å². The lowest BCUT2D eigenvalue weighted by molar-refractivity contribution is 0.598. The van der Waals surface area contributed by atoms with Crippen molar-refractivity contribution in [2.24, 2.45) is 5.14 Å². The predicted molar refractivity (Wildman–Crippen MR) is 96.7 cm³/mol. The molecule has 1 aromatic carbocycles. The number of pyridine rings is 1. The molecule has 0 aliphatic heterocycles. The van der Waals surface area contributed by atoms with Gasteiger partial charge in [0.2, 0.25) is 10.0 Å². The average molecular weight is 359 g/mol. The summed E-state index contributed by atoms with van der Waals surface area (Å²) in [5.41, 5.74) is 2.03. The van der Waals surface area contributed by atoms with Crippen molar-refractivity contribution in [2.45, 2.75) is 24.2 Å². The van der Waals surface area contributed by atoms with Gasteiger partial charge >= 0.3 is 0 Å². The van der Waals surface area contributed by atoms with E-state index in [0.29, 0.717) is 0 Å². The third-order valence-electron chi connectivity index (χ3n) is 4.14. The smallest absolute Gasteiger partial charge is 0.238 e. The molecule has 3 aromatic rings. The van der Waals surface area contributed by atoms with Crippen LogP contribution in [0.15, 0.2) is 47.9 Å². The Labute approximate surface area is 146 Å². The minimum atomic E-state index is -3.71. The van der Waals surface area contributed by atoms with Gasteiger partial charge in [0.05, 0.1) is 16.9 Å².